The van der Waals surface area contributed by atoms with E-state index in [0.29, 0.717) is 19.6 Å². The van der Waals surface area contributed by atoms with Gasteiger partial charge in [0.15, 0.2) is 5.54 Å². The summed E-state index contributed by atoms with van der Waals surface area (Å²) in [5, 5.41) is 12.1. The minimum atomic E-state index is -1.25. The van der Waals surface area contributed by atoms with Gasteiger partial charge in [0.05, 0.1) is 6.61 Å². The van der Waals surface area contributed by atoms with Crippen molar-refractivity contribution in [2.24, 2.45) is 0 Å². The van der Waals surface area contributed by atoms with E-state index in [1.807, 2.05) is 6.92 Å². The Hall–Kier alpha value is -1.30. The second kappa shape index (κ2) is 6.43. The zero-order valence-electron chi connectivity index (χ0n) is 12.1. The maximum Gasteiger partial charge on any atom is 0.332 e. The number of nitrogens with one attached hydrogen (secondary N) is 1. The fourth-order valence-corrected chi connectivity index (χ4v) is 3.12. The van der Waals surface area contributed by atoms with Gasteiger partial charge in [-0.3, -0.25) is 0 Å². The zero-order chi connectivity index (χ0) is 14.6. The molecule has 0 aromatic carbocycles. The van der Waals surface area contributed by atoms with Crippen molar-refractivity contribution in [2.45, 2.75) is 57.0 Å². The van der Waals surface area contributed by atoms with E-state index in [0.717, 1.165) is 25.7 Å². The number of amides is 2. The van der Waals surface area contributed by atoms with Crippen molar-refractivity contribution < 1.29 is 19.4 Å². The standard InChI is InChI=1S/C14H24N2O4/c1-2-16(11-6-4-3-5-7-11)13(19)15-14(12(17)18)8-9-20-10-14/h11H,2-10H2,1H3,(H,15,19)(H,17,18). The number of hydrogen-bond donors (Lipinski definition) is 2. The second-order valence-corrected chi connectivity index (χ2v) is 5.70. The monoisotopic (exact) mass is 284 g/mol. The third-order valence-corrected chi connectivity index (χ3v) is 4.39. The fraction of sp³-hybridized carbons (Fsp3) is 0.857. The smallest absolute Gasteiger partial charge is 0.332 e. The largest absolute Gasteiger partial charge is 0.479 e. The van der Waals surface area contributed by atoms with Gasteiger partial charge < -0.3 is 20.1 Å². The molecule has 2 fully saturated rings. The van der Waals surface area contributed by atoms with E-state index < -0.39 is 11.5 Å². The summed E-state index contributed by atoms with van der Waals surface area (Å²) < 4.78 is 5.17. The summed E-state index contributed by atoms with van der Waals surface area (Å²) in [5.74, 6) is -1.01. The molecule has 1 aliphatic heterocycles. The Kier molecular flexibility index (Phi) is 4.86. The Morgan fingerprint density at radius 1 is 1.35 bits per heavy atom. The number of carbonyl (C=O) groups is 2. The number of urea groups is 1. The molecule has 1 unspecified atom stereocenters. The van der Waals surface area contributed by atoms with Crippen molar-refractivity contribution >= 4 is 12.0 Å². The van der Waals surface area contributed by atoms with E-state index in [1.54, 1.807) is 4.90 Å². The summed E-state index contributed by atoms with van der Waals surface area (Å²) in [6.07, 6.45) is 5.86. The van der Waals surface area contributed by atoms with Gasteiger partial charge in [-0.25, -0.2) is 9.59 Å². The molecular weight excluding hydrogens is 260 g/mol. The molecule has 0 bridgehead atoms. The Morgan fingerprint density at radius 2 is 2.05 bits per heavy atom. The molecule has 1 atom stereocenters. The molecule has 2 N–H and O–H groups in total. The number of hydrogen-bond acceptors (Lipinski definition) is 3. The topological polar surface area (TPSA) is 78.9 Å². The quantitative estimate of drug-likeness (QED) is 0.821. The van der Waals surface area contributed by atoms with E-state index in [1.165, 1.54) is 6.42 Å². The minimum Gasteiger partial charge on any atom is -0.479 e. The summed E-state index contributed by atoms with van der Waals surface area (Å²) in [6, 6.07) is -0.0331. The molecule has 2 aliphatic rings. The predicted octanol–water partition coefficient (Wildman–Crippen LogP) is 1.59. The van der Waals surface area contributed by atoms with Crippen LogP contribution in [-0.2, 0) is 9.53 Å². The number of carboxylic acid groups (broad SMARTS) is 1. The normalized spacial score (nSPS) is 27.2. The Balaban J connectivity index is 2.02. The van der Waals surface area contributed by atoms with Crippen LogP contribution >= 0.6 is 0 Å². The van der Waals surface area contributed by atoms with Crippen molar-refractivity contribution in [2.75, 3.05) is 19.8 Å². The first-order valence-corrected chi connectivity index (χ1v) is 7.49. The van der Waals surface area contributed by atoms with Gasteiger partial charge in [-0.05, 0) is 19.8 Å². The lowest BCUT2D eigenvalue weighted by atomic mass is 9.94. The van der Waals surface area contributed by atoms with Crippen LogP contribution in [0.5, 0.6) is 0 Å². The molecule has 2 rings (SSSR count). The van der Waals surface area contributed by atoms with Crippen molar-refractivity contribution in [1.29, 1.82) is 0 Å². The van der Waals surface area contributed by atoms with E-state index in [9.17, 15) is 14.7 Å². The molecule has 6 heteroatoms. The van der Waals surface area contributed by atoms with Crippen molar-refractivity contribution in [3.63, 3.8) is 0 Å². The minimum absolute atomic E-state index is 0.0519. The first-order chi connectivity index (χ1) is 9.59. The molecule has 1 saturated heterocycles. The highest BCUT2D eigenvalue weighted by Gasteiger charge is 2.45. The summed E-state index contributed by atoms with van der Waals surface area (Å²) in [5.41, 5.74) is -1.25. The average molecular weight is 284 g/mol. The average Bonchev–Trinajstić information content (AvgIpc) is 2.90. The van der Waals surface area contributed by atoms with Crippen LogP contribution in [0.4, 0.5) is 4.79 Å². The lowest BCUT2D eigenvalue weighted by Crippen LogP contribution is -2.60. The molecule has 0 spiro atoms. The Morgan fingerprint density at radius 3 is 2.55 bits per heavy atom. The van der Waals surface area contributed by atoms with Crippen LogP contribution in [0.1, 0.15) is 45.4 Å². The molecular formula is C14H24N2O4. The number of ether oxygens (including phenoxy) is 1. The first-order valence-electron chi connectivity index (χ1n) is 7.49. The maximum atomic E-state index is 12.4. The van der Waals surface area contributed by atoms with E-state index in [-0.39, 0.29) is 18.7 Å². The lowest BCUT2D eigenvalue weighted by Gasteiger charge is -2.36. The number of aliphatic carboxylic acids is 1. The van der Waals surface area contributed by atoms with Crippen molar-refractivity contribution in [3.05, 3.63) is 0 Å². The summed E-state index contributed by atoms with van der Waals surface area (Å²) >= 11 is 0. The fourth-order valence-electron chi connectivity index (χ4n) is 3.12. The van der Waals surface area contributed by atoms with Gasteiger partial charge in [0.25, 0.3) is 0 Å². The number of rotatable bonds is 4. The molecule has 1 aliphatic carbocycles. The van der Waals surface area contributed by atoms with Crippen LogP contribution in [0.3, 0.4) is 0 Å². The van der Waals surface area contributed by atoms with Crippen LogP contribution in [0.2, 0.25) is 0 Å². The Labute approximate surface area is 119 Å². The third kappa shape index (κ3) is 3.06. The summed E-state index contributed by atoms with van der Waals surface area (Å²) in [7, 11) is 0. The van der Waals surface area contributed by atoms with Crippen LogP contribution < -0.4 is 5.32 Å². The van der Waals surface area contributed by atoms with Gasteiger partial charge in [-0.15, -0.1) is 0 Å². The van der Waals surface area contributed by atoms with Crippen LogP contribution in [-0.4, -0.2) is 53.3 Å². The molecule has 114 valence electrons. The van der Waals surface area contributed by atoms with Gasteiger partial charge in [0, 0.05) is 25.6 Å². The third-order valence-electron chi connectivity index (χ3n) is 4.39. The first kappa shape index (κ1) is 15.1. The molecule has 2 amide bonds. The molecule has 0 aromatic heterocycles. The number of carboxylic acids is 1. The van der Waals surface area contributed by atoms with Gasteiger partial charge in [0.1, 0.15) is 0 Å². The molecule has 0 aromatic rings. The highest BCUT2D eigenvalue weighted by Crippen LogP contribution is 2.24. The Bertz CT molecular complexity index is 360. The van der Waals surface area contributed by atoms with E-state index in [4.69, 9.17) is 4.74 Å². The summed E-state index contributed by atoms with van der Waals surface area (Å²) in [6.45, 7) is 2.97. The van der Waals surface area contributed by atoms with Crippen LogP contribution in [0.15, 0.2) is 0 Å². The lowest BCUT2D eigenvalue weighted by molar-refractivity contribution is -0.144. The molecule has 0 radical (unpaired) electrons. The summed E-state index contributed by atoms with van der Waals surface area (Å²) in [4.78, 5) is 25.6. The number of carbonyl (C=O) groups excluding carboxylic acids is 1. The second-order valence-electron chi connectivity index (χ2n) is 5.70. The van der Waals surface area contributed by atoms with Crippen LogP contribution in [0, 0.1) is 0 Å². The van der Waals surface area contributed by atoms with Gasteiger partial charge in [-0.2, -0.15) is 0 Å². The molecule has 20 heavy (non-hydrogen) atoms. The SMILES string of the molecule is CCN(C(=O)NC1(C(=O)O)CCOC1)C1CCCCC1. The molecule has 6 nitrogen and oxygen atoms in total. The zero-order valence-corrected chi connectivity index (χ0v) is 12.1. The van der Waals surface area contributed by atoms with Gasteiger partial charge in [-0.1, -0.05) is 19.3 Å². The van der Waals surface area contributed by atoms with Crippen molar-refractivity contribution in [3.8, 4) is 0 Å². The predicted molar refractivity (Wildman–Crippen MR) is 73.6 cm³/mol. The molecule has 1 saturated carbocycles. The highest BCUT2D eigenvalue weighted by atomic mass is 16.5. The number of nitrogens with zero attached hydrogens (tertiary/aromatic N) is 1. The van der Waals surface area contributed by atoms with Crippen LogP contribution in [0.25, 0.3) is 0 Å². The maximum absolute atomic E-state index is 12.4. The van der Waals surface area contributed by atoms with Crippen molar-refractivity contribution in [1.82, 2.24) is 10.2 Å². The molecule has 1 heterocycles. The van der Waals surface area contributed by atoms with E-state index >= 15 is 0 Å². The van der Waals surface area contributed by atoms with Gasteiger partial charge in [0.2, 0.25) is 0 Å². The van der Waals surface area contributed by atoms with E-state index in [2.05, 4.69) is 5.32 Å². The highest BCUT2D eigenvalue weighted by molar-refractivity contribution is 5.86. The van der Waals surface area contributed by atoms with Gasteiger partial charge >= 0.3 is 12.0 Å².